The molecule has 1 saturated heterocycles. The maximum Gasteiger partial charge on any atom is 0.227 e. The number of amides is 1. The Morgan fingerprint density at radius 2 is 2.53 bits per heavy atom. The molecule has 2 rings (SSSR count). The predicted molar refractivity (Wildman–Crippen MR) is 59.8 cm³/mol. The highest BCUT2D eigenvalue weighted by atomic mass is 32.1. The number of aliphatic hydroxyl groups excluding tert-OH is 1. The van der Waals surface area contributed by atoms with Crippen LogP contribution in [0.15, 0.2) is 17.5 Å². The smallest absolute Gasteiger partial charge is 0.227 e. The van der Waals surface area contributed by atoms with E-state index in [9.17, 15) is 4.79 Å². The van der Waals surface area contributed by atoms with Crippen LogP contribution >= 0.6 is 11.3 Å². The molecule has 0 bridgehead atoms. The molecule has 1 aromatic heterocycles. The van der Waals surface area contributed by atoms with E-state index in [1.807, 2.05) is 22.4 Å². The Morgan fingerprint density at radius 1 is 1.67 bits per heavy atom. The van der Waals surface area contributed by atoms with E-state index in [1.54, 1.807) is 11.3 Å². The van der Waals surface area contributed by atoms with Crippen molar-refractivity contribution in [3.05, 3.63) is 22.4 Å². The zero-order valence-electron chi connectivity index (χ0n) is 8.56. The van der Waals surface area contributed by atoms with Gasteiger partial charge in [0.1, 0.15) is 0 Å². The number of nitrogens with zero attached hydrogens (tertiary/aromatic N) is 1. The summed E-state index contributed by atoms with van der Waals surface area (Å²) in [6.45, 7) is 1.72. The van der Waals surface area contributed by atoms with Crippen molar-refractivity contribution in [2.24, 2.45) is 5.92 Å². The Hall–Kier alpha value is -0.870. The quantitative estimate of drug-likeness (QED) is 0.837. The van der Waals surface area contributed by atoms with Gasteiger partial charge in [0.25, 0.3) is 0 Å². The van der Waals surface area contributed by atoms with Gasteiger partial charge in [0, 0.05) is 30.5 Å². The van der Waals surface area contributed by atoms with Crippen LogP contribution in [0.5, 0.6) is 0 Å². The fourth-order valence-corrected chi connectivity index (χ4v) is 2.58. The first-order valence-corrected chi connectivity index (χ1v) is 6.08. The van der Waals surface area contributed by atoms with Crippen molar-refractivity contribution in [2.75, 3.05) is 19.7 Å². The Kier molecular flexibility index (Phi) is 3.38. The molecule has 1 aliphatic rings. The number of thiophene rings is 1. The number of carbonyl (C=O) groups excluding carboxylic acids is 1. The third kappa shape index (κ3) is 2.58. The summed E-state index contributed by atoms with van der Waals surface area (Å²) in [7, 11) is 0. The van der Waals surface area contributed by atoms with E-state index in [2.05, 4.69) is 0 Å². The Bertz CT molecular complexity index is 323. The maximum atomic E-state index is 11.8. The Morgan fingerprint density at radius 3 is 3.13 bits per heavy atom. The van der Waals surface area contributed by atoms with Crippen LogP contribution < -0.4 is 0 Å². The lowest BCUT2D eigenvalue weighted by atomic mass is 10.1. The molecular weight excluding hydrogens is 210 g/mol. The van der Waals surface area contributed by atoms with Crippen molar-refractivity contribution in [3.63, 3.8) is 0 Å². The average Bonchev–Trinajstić information content (AvgIpc) is 2.86. The predicted octanol–water partition coefficient (Wildman–Crippen LogP) is 1.13. The number of carbonyl (C=O) groups is 1. The zero-order valence-corrected chi connectivity index (χ0v) is 9.37. The maximum absolute atomic E-state index is 11.8. The molecule has 0 radical (unpaired) electrons. The van der Waals surface area contributed by atoms with Gasteiger partial charge in [-0.15, -0.1) is 11.3 Å². The minimum absolute atomic E-state index is 0.188. The molecule has 1 unspecified atom stereocenters. The fraction of sp³-hybridized carbons (Fsp3) is 0.545. The highest BCUT2D eigenvalue weighted by Crippen LogP contribution is 2.18. The molecule has 1 N–H and O–H groups in total. The van der Waals surface area contributed by atoms with Crippen LogP contribution in [-0.4, -0.2) is 35.6 Å². The van der Waals surface area contributed by atoms with Crippen molar-refractivity contribution in [1.82, 2.24) is 4.90 Å². The van der Waals surface area contributed by atoms with E-state index < -0.39 is 0 Å². The van der Waals surface area contributed by atoms with Crippen LogP contribution in [0.1, 0.15) is 11.3 Å². The van der Waals surface area contributed by atoms with Gasteiger partial charge in [-0.2, -0.15) is 0 Å². The van der Waals surface area contributed by atoms with Gasteiger partial charge in [-0.25, -0.2) is 0 Å². The second kappa shape index (κ2) is 4.77. The normalized spacial score (nSPS) is 20.9. The summed E-state index contributed by atoms with van der Waals surface area (Å²) in [6.07, 6.45) is 1.45. The van der Waals surface area contributed by atoms with Crippen LogP contribution in [0.4, 0.5) is 0 Å². The first-order chi connectivity index (χ1) is 7.29. The molecule has 1 atom stereocenters. The number of likely N-dealkylation sites (tertiary alicyclic amines) is 1. The Balaban J connectivity index is 1.87. The van der Waals surface area contributed by atoms with E-state index >= 15 is 0 Å². The van der Waals surface area contributed by atoms with E-state index in [4.69, 9.17) is 5.11 Å². The van der Waals surface area contributed by atoms with Gasteiger partial charge in [-0.3, -0.25) is 4.79 Å². The van der Waals surface area contributed by atoms with Gasteiger partial charge in [0.15, 0.2) is 0 Å². The monoisotopic (exact) mass is 225 g/mol. The largest absolute Gasteiger partial charge is 0.396 e. The fourth-order valence-electron chi connectivity index (χ4n) is 1.88. The van der Waals surface area contributed by atoms with Crippen molar-refractivity contribution >= 4 is 17.2 Å². The van der Waals surface area contributed by atoms with Gasteiger partial charge in [0.2, 0.25) is 5.91 Å². The van der Waals surface area contributed by atoms with Crippen LogP contribution in [0.25, 0.3) is 0 Å². The molecule has 15 heavy (non-hydrogen) atoms. The highest BCUT2D eigenvalue weighted by molar-refractivity contribution is 7.10. The number of rotatable bonds is 3. The van der Waals surface area contributed by atoms with E-state index in [0.717, 1.165) is 24.4 Å². The van der Waals surface area contributed by atoms with Gasteiger partial charge in [-0.05, 0) is 17.9 Å². The summed E-state index contributed by atoms with van der Waals surface area (Å²) in [5, 5.41) is 11.0. The first kappa shape index (κ1) is 10.6. The number of aliphatic hydroxyl groups is 1. The summed E-state index contributed by atoms with van der Waals surface area (Å²) in [6, 6.07) is 3.95. The molecular formula is C11H15NO2S. The molecule has 2 heterocycles. The third-order valence-corrected chi connectivity index (χ3v) is 3.68. The van der Waals surface area contributed by atoms with Crippen molar-refractivity contribution in [3.8, 4) is 0 Å². The molecule has 0 aliphatic carbocycles. The van der Waals surface area contributed by atoms with Crippen LogP contribution in [0.2, 0.25) is 0 Å². The summed E-state index contributed by atoms with van der Waals surface area (Å²) in [5.41, 5.74) is 0. The van der Waals surface area contributed by atoms with Gasteiger partial charge in [-0.1, -0.05) is 6.07 Å². The van der Waals surface area contributed by atoms with Crippen LogP contribution in [-0.2, 0) is 11.2 Å². The van der Waals surface area contributed by atoms with Gasteiger partial charge < -0.3 is 10.0 Å². The third-order valence-electron chi connectivity index (χ3n) is 2.80. The number of hydrogen-bond acceptors (Lipinski definition) is 3. The van der Waals surface area contributed by atoms with Crippen molar-refractivity contribution in [1.29, 1.82) is 0 Å². The highest BCUT2D eigenvalue weighted by Gasteiger charge is 2.25. The second-order valence-corrected chi connectivity index (χ2v) is 4.97. The first-order valence-electron chi connectivity index (χ1n) is 5.20. The topological polar surface area (TPSA) is 40.5 Å². The molecule has 0 aromatic carbocycles. The number of hydrogen-bond donors (Lipinski definition) is 1. The van der Waals surface area contributed by atoms with E-state index in [0.29, 0.717) is 6.42 Å². The molecule has 1 amide bonds. The molecule has 1 fully saturated rings. The van der Waals surface area contributed by atoms with Gasteiger partial charge >= 0.3 is 0 Å². The molecule has 3 nitrogen and oxygen atoms in total. The molecule has 4 heteroatoms. The second-order valence-electron chi connectivity index (χ2n) is 3.93. The van der Waals surface area contributed by atoms with E-state index in [-0.39, 0.29) is 18.4 Å². The van der Waals surface area contributed by atoms with E-state index in [1.165, 1.54) is 0 Å². The molecule has 1 aliphatic heterocycles. The molecule has 0 spiro atoms. The van der Waals surface area contributed by atoms with Crippen LogP contribution in [0, 0.1) is 5.92 Å². The molecule has 1 aromatic rings. The summed E-state index contributed by atoms with van der Waals surface area (Å²) in [4.78, 5) is 14.8. The minimum Gasteiger partial charge on any atom is -0.396 e. The average molecular weight is 225 g/mol. The van der Waals surface area contributed by atoms with Crippen LogP contribution in [0.3, 0.4) is 0 Å². The Labute approximate surface area is 93.3 Å². The lowest BCUT2D eigenvalue weighted by Gasteiger charge is -2.15. The minimum atomic E-state index is 0.188. The van der Waals surface area contributed by atoms with Crippen molar-refractivity contribution in [2.45, 2.75) is 12.8 Å². The summed E-state index contributed by atoms with van der Waals surface area (Å²) >= 11 is 1.62. The lowest BCUT2D eigenvalue weighted by molar-refractivity contribution is -0.129. The SMILES string of the molecule is O=C(Cc1cccs1)N1CCC(CO)C1. The summed E-state index contributed by atoms with van der Waals surface area (Å²) in [5.74, 6) is 0.477. The molecule has 82 valence electrons. The standard InChI is InChI=1S/C11H15NO2S/c13-8-9-3-4-12(7-9)11(14)6-10-2-1-5-15-10/h1-2,5,9,13H,3-4,6-8H2. The molecule has 0 saturated carbocycles. The zero-order chi connectivity index (χ0) is 10.7. The van der Waals surface area contributed by atoms with Gasteiger partial charge in [0.05, 0.1) is 6.42 Å². The summed E-state index contributed by atoms with van der Waals surface area (Å²) < 4.78 is 0. The van der Waals surface area contributed by atoms with Crippen molar-refractivity contribution < 1.29 is 9.90 Å². The lowest BCUT2D eigenvalue weighted by Crippen LogP contribution is -2.30.